The quantitative estimate of drug-likeness (QED) is 0.222. The molecule has 1 atom stereocenters. The van der Waals surface area contributed by atoms with Crippen molar-refractivity contribution in [3.8, 4) is 0 Å². The van der Waals surface area contributed by atoms with Crippen LogP contribution in [-0.4, -0.2) is 50.0 Å². The highest BCUT2D eigenvalue weighted by Crippen LogP contribution is 2.28. The lowest BCUT2D eigenvalue weighted by Crippen LogP contribution is -2.53. The van der Waals surface area contributed by atoms with Crippen LogP contribution in [0.15, 0.2) is 76.5 Å². The summed E-state index contributed by atoms with van der Waals surface area (Å²) in [5.41, 5.74) is 1.88. The summed E-state index contributed by atoms with van der Waals surface area (Å²) in [6.45, 7) is 3.05. The molecule has 0 bridgehead atoms. The summed E-state index contributed by atoms with van der Waals surface area (Å²) < 4.78 is 29.2. The van der Waals surface area contributed by atoms with Gasteiger partial charge < -0.3 is 10.2 Å². The topological polar surface area (TPSA) is 86.8 Å². The highest BCUT2D eigenvalue weighted by atomic mass is 35.5. The van der Waals surface area contributed by atoms with Crippen molar-refractivity contribution >= 4 is 62.5 Å². The Balaban J connectivity index is 1.69. The number of hydrogen-bond donors (Lipinski definition) is 1. The van der Waals surface area contributed by atoms with E-state index in [1.165, 1.54) is 16.7 Å². The predicted octanol–water partition coefficient (Wildman–Crippen LogP) is 7.09. The van der Waals surface area contributed by atoms with E-state index in [0.29, 0.717) is 21.3 Å². The average molecular weight is 663 g/mol. The van der Waals surface area contributed by atoms with Crippen molar-refractivity contribution in [1.29, 1.82) is 0 Å². The van der Waals surface area contributed by atoms with Gasteiger partial charge in [0.15, 0.2) is 0 Å². The average Bonchev–Trinajstić information content (AvgIpc) is 3.00. The van der Waals surface area contributed by atoms with Crippen LogP contribution in [0.2, 0.25) is 10.0 Å². The molecule has 0 heterocycles. The van der Waals surface area contributed by atoms with E-state index >= 15 is 0 Å². The molecule has 0 aliphatic heterocycles. The summed E-state index contributed by atoms with van der Waals surface area (Å²) >= 11 is 14.1. The first-order valence-electron chi connectivity index (χ1n) is 14.3. The molecule has 1 N–H and O–H groups in total. The smallest absolute Gasteiger partial charge is 0.264 e. The SMILES string of the molecule is CSc1ccc(S(=O)(=O)N(CC(=O)N(Cc2ccc(Cl)cc2Cl)[C@@H](C)C(=O)NC2CCCCC2)c2ccc(C)cc2)cc1. The molecule has 0 saturated heterocycles. The molecule has 11 heteroatoms. The largest absolute Gasteiger partial charge is 0.352 e. The first-order valence-corrected chi connectivity index (χ1v) is 17.7. The fraction of sp³-hybridized carbons (Fsp3) is 0.375. The Kier molecular flexibility index (Phi) is 11.5. The standard InChI is InChI=1S/C32H37Cl2N3O4S2/c1-22-9-13-27(14-10-22)37(43(40,41)29-17-15-28(42-3)16-18-29)21-31(38)36(20-24-11-12-25(33)19-30(24)34)23(2)32(39)35-26-7-5-4-6-8-26/h9-19,23,26H,4-8,20-21H2,1-3H3,(H,35,39)/t23-/m0/s1. The minimum atomic E-state index is -4.14. The molecule has 7 nitrogen and oxygen atoms in total. The van der Waals surface area contributed by atoms with Crippen LogP contribution in [0.5, 0.6) is 0 Å². The number of carbonyl (C=O) groups excluding carboxylic acids is 2. The molecule has 2 amide bonds. The Labute approximate surface area is 269 Å². The lowest BCUT2D eigenvalue weighted by molar-refractivity contribution is -0.139. The first kappa shape index (κ1) is 33.2. The van der Waals surface area contributed by atoms with Crippen molar-refractivity contribution in [2.24, 2.45) is 0 Å². The number of carbonyl (C=O) groups is 2. The van der Waals surface area contributed by atoms with Gasteiger partial charge in [-0.1, -0.05) is 66.2 Å². The third-order valence-corrected chi connectivity index (χ3v) is 10.8. The molecule has 1 aliphatic rings. The zero-order valence-corrected chi connectivity index (χ0v) is 27.7. The summed E-state index contributed by atoms with van der Waals surface area (Å²) in [6, 6.07) is 17.6. The maximum absolute atomic E-state index is 14.2. The molecule has 3 aromatic carbocycles. The molecule has 0 unspecified atom stereocenters. The van der Waals surface area contributed by atoms with E-state index in [9.17, 15) is 18.0 Å². The maximum Gasteiger partial charge on any atom is 0.264 e. The van der Waals surface area contributed by atoms with Crippen LogP contribution in [0.25, 0.3) is 0 Å². The van der Waals surface area contributed by atoms with Crippen LogP contribution in [0, 0.1) is 6.92 Å². The van der Waals surface area contributed by atoms with Crippen molar-refractivity contribution in [1.82, 2.24) is 10.2 Å². The Morgan fingerprint density at radius 3 is 2.23 bits per heavy atom. The molecule has 0 radical (unpaired) electrons. The number of nitrogens with one attached hydrogen (secondary N) is 1. The molecule has 43 heavy (non-hydrogen) atoms. The second-order valence-corrected chi connectivity index (χ2v) is 14.4. The summed E-state index contributed by atoms with van der Waals surface area (Å²) in [4.78, 5) is 30.0. The highest BCUT2D eigenvalue weighted by molar-refractivity contribution is 7.98. The molecule has 0 spiro atoms. The normalized spacial score (nSPS) is 14.6. The van der Waals surface area contributed by atoms with E-state index in [-0.39, 0.29) is 23.4 Å². The lowest BCUT2D eigenvalue weighted by Gasteiger charge is -2.33. The lowest BCUT2D eigenvalue weighted by atomic mass is 9.95. The van der Waals surface area contributed by atoms with Gasteiger partial charge in [0.05, 0.1) is 10.6 Å². The van der Waals surface area contributed by atoms with Crippen molar-refractivity contribution in [2.75, 3.05) is 17.1 Å². The van der Waals surface area contributed by atoms with Crippen LogP contribution < -0.4 is 9.62 Å². The van der Waals surface area contributed by atoms with E-state index in [0.717, 1.165) is 46.9 Å². The summed E-state index contributed by atoms with van der Waals surface area (Å²) in [6.07, 6.45) is 6.93. The number of aryl methyl sites for hydroxylation is 1. The Morgan fingerprint density at radius 1 is 0.977 bits per heavy atom. The molecule has 3 aromatic rings. The maximum atomic E-state index is 14.2. The Hall–Kier alpha value is -2.72. The fourth-order valence-electron chi connectivity index (χ4n) is 5.10. The molecule has 1 fully saturated rings. The van der Waals surface area contributed by atoms with Crippen LogP contribution in [-0.2, 0) is 26.2 Å². The zero-order chi connectivity index (χ0) is 31.1. The van der Waals surface area contributed by atoms with E-state index in [1.807, 2.05) is 13.2 Å². The van der Waals surface area contributed by atoms with E-state index in [2.05, 4.69) is 5.32 Å². The van der Waals surface area contributed by atoms with Gasteiger partial charge in [-0.15, -0.1) is 11.8 Å². The van der Waals surface area contributed by atoms with Crippen LogP contribution in [0.3, 0.4) is 0 Å². The molecular weight excluding hydrogens is 625 g/mol. The molecule has 230 valence electrons. The van der Waals surface area contributed by atoms with Gasteiger partial charge in [0.2, 0.25) is 11.8 Å². The van der Waals surface area contributed by atoms with Gasteiger partial charge in [-0.05, 0) is 87.0 Å². The number of halogens is 2. The Bertz CT molecular complexity index is 1530. The monoisotopic (exact) mass is 661 g/mol. The zero-order valence-electron chi connectivity index (χ0n) is 24.6. The van der Waals surface area contributed by atoms with Gasteiger partial charge in [-0.3, -0.25) is 13.9 Å². The first-order chi connectivity index (χ1) is 20.5. The van der Waals surface area contributed by atoms with Gasteiger partial charge in [-0.2, -0.15) is 0 Å². The van der Waals surface area contributed by atoms with Crippen LogP contribution in [0.1, 0.15) is 50.2 Å². The number of hydrogen-bond acceptors (Lipinski definition) is 5. The third-order valence-electron chi connectivity index (χ3n) is 7.72. The number of benzene rings is 3. The fourth-order valence-corrected chi connectivity index (χ4v) is 7.39. The number of amides is 2. The van der Waals surface area contributed by atoms with E-state index in [4.69, 9.17) is 23.2 Å². The van der Waals surface area contributed by atoms with Gasteiger partial charge in [0.25, 0.3) is 10.0 Å². The van der Waals surface area contributed by atoms with Crippen molar-refractivity contribution in [2.45, 2.75) is 74.4 Å². The van der Waals surface area contributed by atoms with Crippen molar-refractivity contribution < 1.29 is 18.0 Å². The minimum Gasteiger partial charge on any atom is -0.352 e. The number of rotatable bonds is 11. The number of sulfonamides is 1. The number of nitrogens with zero attached hydrogens (tertiary/aromatic N) is 2. The van der Waals surface area contributed by atoms with Crippen molar-refractivity contribution in [3.63, 3.8) is 0 Å². The summed E-state index contributed by atoms with van der Waals surface area (Å²) in [5, 5.41) is 3.89. The van der Waals surface area contributed by atoms with Gasteiger partial charge in [0, 0.05) is 27.5 Å². The van der Waals surface area contributed by atoms with Gasteiger partial charge in [-0.25, -0.2) is 8.42 Å². The molecular formula is C32H37Cl2N3O4S2. The van der Waals surface area contributed by atoms with Crippen LogP contribution in [0.4, 0.5) is 5.69 Å². The molecule has 1 saturated carbocycles. The molecule has 0 aromatic heterocycles. The highest BCUT2D eigenvalue weighted by Gasteiger charge is 2.33. The van der Waals surface area contributed by atoms with Gasteiger partial charge in [0.1, 0.15) is 12.6 Å². The second-order valence-electron chi connectivity index (χ2n) is 10.8. The van der Waals surface area contributed by atoms with Gasteiger partial charge >= 0.3 is 0 Å². The van der Waals surface area contributed by atoms with Crippen LogP contribution >= 0.6 is 35.0 Å². The molecule has 4 rings (SSSR count). The summed E-state index contributed by atoms with van der Waals surface area (Å²) in [5.74, 6) is -0.829. The second kappa shape index (κ2) is 14.8. The number of anilines is 1. The summed E-state index contributed by atoms with van der Waals surface area (Å²) in [7, 11) is -4.14. The molecule has 1 aliphatic carbocycles. The third kappa shape index (κ3) is 8.47. The number of thioether (sulfide) groups is 1. The van der Waals surface area contributed by atoms with E-state index < -0.39 is 28.5 Å². The van der Waals surface area contributed by atoms with Crippen molar-refractivity contribution in [3.05, 3.63) is 87.9 Å². The van der Waals surface area contributed by atoms with E-state index in [1.54, 1.807) is 73.7 Å². The Morgan fingerprint density at radius 2 is 1.63 bits per heavy atom. The minimum absolute atomic E-state index is 0.00169. The predicted molar refractivity (Wildman–Crippen MR) is 175 cm³/mol.